The molecule has 2 fully saturated rings. The van der Waals surface area contributed by atoms with Crippen molar-refractivity contribution in [1.29, 1.82) is 0 Å². The molecule has 2 aromatic carbocycles. The van der Waals surface area contributed by atoms with Crippen LogP contribution >= 0.6 is 11.6 Å². The number of nitrogens with two attached hydrogens (primary N) is 1. The number of likely N-dealkylation sites (tertiary alicyclic amines) is 1. The number of nitrogens with zero attached hydrogens (tertiary/aromatic N) is 3. The van der Waals surface area contributed by atoms with Gasteiger partial charge in [0.15, 0.2) is 0 Å². The van der Waals surface area contributed by atoms with Crippen LogP contribution in [0.25, 0.3) is 11.0 Å². The zero-order chi connectivity index (χ0) is 25.9. The average Bonchev–Trinajstić information content (AvgIpc) is 3.68. The molecule has 37 heavy (non-hydrogen) atoms. The lowest BCUT2D eigenvalue weighted by Gasteiger charge is -2.38. The molecule has 1 saturated heterocycles. The lowest BCUT2D eigenvalue weighted by molar-refractivity contribution is 0.0996. The fraction of sp³-hybridized carbons (Fsp3) is 0.444. The molecule has 1 aromatic heterocycles. The standard InChI is InChI=1S/C27H32ClN5O4/c28-20-7-5-19(6-8-20)22(13-16-37-25(29)34)31-14-11-18(12-15-31)17-30-26(35)33-24-4-2-1-3-23(24)32(27(33)36)21-9-10-21/h1-8,18,21-22H,9-17H2,(H2,29,34)(H,30,35). The first kappa shape index (κ1) is 25.4. The number of ether oxygens (including phenoxy) is 1. The second-order valence-corrected chi connectivity index (χ2v) is 10.3. The molecular weight excluding hydrogens is 494 g/mol. The molecule has 3 aromatic rings. The van der Waals surface area contributed by atoms with Crippen molar-refractivity contribution in [2.75, 3.05) is 26.2 Å². The number of benzene rings is 2. The number of rotatable bonds is 8. The minimum absolute atomic E-state index is 0.0688. The van der Waals surface area contributed by atoms with E-state index in [0.717, 1.165) is 49.9 Å². The van der Waals surface area contributed by atoms with Gasteiger partial charge in [0, 0.05) is 30.1 Å². The van der Waals surface area contributed by atoms with Crippen LogP contribution in [0.5, 0.6) is 0 Å². The van der Waals surface area contributed by atoms with E-state index < -0.39 is 6.09 Å². The molecule has 1 saturated carbocycles. The van der Waals surface area contributed by atoms with E-state index in [-0.39, 0.29) is 30.4 Å². The van der Waals surface area contributed by atoms with Gasteiger partial charge in [-0.1, -0.05) is 35.9 Å². The number of aromatic nitrogens is 2. The van der Waals surface area contributed by atoms with E-state index in [1.54, 1.807) is 4.57 Å². The van der Waals surface area contributed by atoms with Crippen LogP contribution in [0.15, 0.2) is 53.3 Å². The molecule has 10 heteroatoms. The summed E-state index contributed by atoms with van der Waals surface area (Å²) in [5.74, 6) is 0.306. The van der Waals surface area contributed by atoms with Gasteiger partial charge in [0.25, 0.3) is 0 Å². The van der Waals surface area contributed by atoms with Crippen molar-refractivity contribution in [3.63, 3.8) is 0 Å². The van der Waals surface area contributed by atoms with E-state index in [1.165, 1.54) is 4.57 Å². The Labute approximate surface area is 220 Å². The minimum atomic E-state index is -0.774. The van der Waals surface area contributed by atoms with E-state index in [4.69, 9.17) is 22.1 Å². The summed E-state index contributed by atoms with van der Waals surface area (Å²) >= 11 is 6.08. The average molecular weight is 526 g/mol. The van der Waals surface area contributed by atoms with Crippen LogP contribution < -0.4 is 16.7 Å². The molecule has 5 rings (SSSR count). The molecule has 9 nitrogen and oxygen atoms in total. The lowest BCUT2D eigenvalue weighted by atomic mass is 9.93. The van der Waals surface area contributed by atoms with Gasteiger partial charge < -0.3 is 15.8 Å². The number of para-hydroxylation sites is 2. The van der Waals surface area contributed by atoms with Crippen molar-refractivity contribution in [2.45, 2.75) is 44.2 Å². The quantitative estimate of drug-likeness (QED) is 0.455. The molecule has 1 aliphatic heterocycles. The first-order valence-electron chi connectivity index (χ1n) is 12.8. The van der Waals surface area contributed by atoms with Crippen LogP contribution in [0.1, 0.15) is 49.8 Å². The maximum absolute atomic E-state index is 13.1. The van der Waals surface area contributed by atoms with Crippen molar-refractivity contribution in [1.82, 2.24) is 19.4 Å². The molecule has 0 radical (unpaired) electrons. The molecule has 0 bridgehead atoms. The topological polar surface area (TPSA) is 112 Å². The van der Waals surface area contributed by atoms with Crippen LogP contribution in [0, 0.1) is 5.92 Å². The summed E-state index contributed by atoms with van der Waals surface area (Å²) in [5.41, 5.74) is 7.45. The molecule has 3 N–H and O–H groups in total. The maximum Gasteiger partial charge on any atom is 0.404 e. The third kappa shape index (κ3) is 5.67. The number of primary amides is 1. The largest absolute Gasteiger partial charge is 0.450 e. The smallest absolute Gasteiger partial charge is 0.404 e. The van der Waals surface area contributed by atoms with E-state index >= 15 is 0 Å². The first-order chi connectivity index (χ1) is 17.9. The molecule has 1 atom stereocenters. The Morgan fingerprint density at radius 3 is 2.35 bits per heavy atom. The van der Waals surface area contributed by atoms with Gasteiger partial charge in [0.05, 0.1) is 17.6 Å². The number of hydrogen-bond donors (Lipinski definition) is 2. The number of nitrogens with one attached hydrogen (secondary N) is 1. The number of halogens is 1. The first-order valence-corrected chi connectivity index (χ1v) is 13.2. The fourth-order valence-corrected chi connectivity index (χ4v) is 5.47. The third-order valence-electron chi connectivity index (χ3n) is 7.42. The predicted octanol–water partition coefficient (Wildman–Crippen LogP) is 4.29. The van der Waals surface area contributed by atoms with Gasteiger partial charge in [-0.15, -0.1) is 0 Å². The van der Waals surface area contributed by atoms with Crippen molar-refractivity contribution in [3.05, 3.63) is 69.6 Å². The van der Waals surface area contributed by atoms with Gasteiger partial charge in [-0.2, -0.15) is 0 Å². The van der Waals surface area contributed by atoms with Gasteiger partial charge in [0.1, 0.15) is 0 Å². The van der Waals surface area contributed by atoms with E-state index in [9.17, 15) is 14.4 Å². The molecule has 1 unspecified atom stereocenters. The fourth-order valence-electron chi connectivity index (χ4n) is 5.35. The molecule has 196 valence electrons. The lowest BCUT2D eigenvalue weighted by Crippen LogP contribution is -2.43. The summed E-state index contributed by atoms with van der Waals surface area (Å²) in [4.78, 5) is 39.6. The van der Waals surface area contributed by atoms with E-state index in [1.807, 2.05) is 48.5 Å². The molecular formula is C27H32ClN5O4. The number of amides is 2. The van der Waals surface area contributed by atoms with Crippen molar-refractivity contribution < 1.29 is 14.3 Å². The highest BCUT2D eigenvalue weighted by molar-refractivity contribution is 6.30. The van der Waals surface area contributed by atoms with Crippen molar-refractivity contribution in [2.24, 2.45) is 11.7 Å². The zero-order valence-electron chi connectivity index (χ0n) is 20.6. The van der Waals surface area contributed by atoms with Crippen LogP contribution in [-0.4, -0.2) is 52.4 Å². The Morgan fingerprint density at radius 1 is 1.03 bits per heavy atom. The molecule has 2 aliphatic rings. The van der Waals surface area contributed by atoms with Crippen LogP contribution in [-0.2, 0) is 4.74 Å². The van der Waals surface area contributed by atoms with Crippen LogP contribution in [0.4, 0.5) is 9.59 Å². The van der Waals surface area contributed by atoms with E-state index in [0.29, 0.717) is 29.4 Å². The van der Waals surface area contributed by atoms with Gasteiger partial charge in [-0.25, -0.2) is 19.0 Å². The Kier molecular flexibility index (Phi) is 7.53. The Balaban J connectivity index is 1.20. The molecule has 0 spiro atoms. The Morgan fingerprint density at radius 2 is 1.70 bits per heavy atom. The second kappa shape index (κ2) is 11.0. The number of imidazole rings is 1. The van der Waals surface area contributed by atoms with Crippen molar-refractivity contribution >= 4 is 34.8 Å². The Bertz CT molecular complexity index is 1320. The summed E-state index contributed by atoms with van der Waals surface area (Å²) in [6.45, 7) is 2.43. The van der Waals surface area contributed by atoms with Crippen LogP contribution in [0.2, 0.25) is 5.02 Å². The summed E-state index contributed by atoms with van der Waals surface area (Å²) in [6, 6.07) is 15.1. The zero-order valence-corrected chi connectivity index (χ0v) is 21.4. The number of fused-ring (bicyclic) bond motifs is 1. The number of piperidine rings is 1. The summed E-state index contributed by atoms with van der Waals surface area (Å²) in [5, 5.41) is 3.68. The number of carbonyl (C=O) groups is 2. The molecule has 2 amide bonds. The SMILES string of the molecule is NC(=O)OCCC(c1ccc(Cl)cc1)N1CCC(CNC(=O)n2c(=O)n(C3CC3)c3ccccc32)CC1. The van der Waals surface area contributed by atoms with Crippen LogP contribution in [0.3, 0.4) is 0 Å². The predicted molar refractivity (Wildman–Crippen MR) is 142 cm³/mol. The highest BCUT2D eigenvalue weighted by Crippen LogP contribution is 2.36. The highest BCUT2D eigenvalue weighted by Gasteiger charge is 2.31. The third-order valence-corrected chi connectivity index (χ3v) is 7.67. The normalized spacial score (nSPS) is 17.5. The molecule has 2 heterocycles. The van der Waals surface area contributed by atoms with Gasteiger partial charge in [0.2, 0.25) is 0 Å². The van der Waals surface area contributed by atoms with Gasteiger partial charge in [-0.05, 0) is 74.5 Å². The van der Waals surface area contributed by atoms with Gasteiger partial charge >= 0.3 is 17.8 Å². The second-order valence-electron chi connectivity index (χ2n) is 9.90. The summed E-state index contributed by atoms with van der Waals surface area (Å²) < 4.78 is 8.04. The molecule has 1 aliphatic carbocycles. The number of carbonyl (C=O) groups excluding carboxylic acids is 2. The monoisotopic (exact) mass is 525 g/mol. The maximum atomic E-state index is 13.1. The van der Waals surface area contributed by atoms with E-state index in [2.05, 4.69) is 10.2 Å². The highest BCUT2D eigenvalue weighted by atomic mass is 35.5. The van der Waals surface area contributed by atoms with Crippen molar-refractivity contribution in [3.8, 4) is 0 Å². The minimum Gasteiger partial charge on any atom is -0.450 e. The van der Waals surface area contributed by atoms with Gasteiger partial charge in [-0.3, -0.25) is 9.47 Å². The Hall–Kier alpha value is -3.30. The number of hydrogen-bond acceptors (Lipinski definition) is 5. The summed E-state index contributed by atoms with van der Waals surface area (Å²) in [6.07, 6.45) is 3.60. The summed E-state index contributed by atoms with van der Waals surface area (Å²) in [7, 11) is 0.